The number of hydrogen-bond acceptors (Lipinski definition) is 11. The molecule has 4 aromatic rings. The Bertz CT molecular complexity index is 1570. The van der Waals surface area contributed by atoms with Gasteiger partial charge in [-0.2, -0.15) is 0 Å². The van der Waals surface area contributed by atoms with Gasteiger partial charge in [-0.25, -0.2) is 19.9 Å². The van der Waals surface area contributed by atoms with Gasteiger partial charge >= 0.3 is 5.69 Å². The van der Waals surface area contributed by atoms with Gasteiger partial charge in [0.1, 0.15) is 30.3 Å². The van der Waals surface area contributed by atoms with E-state index in [-0.39, 0.29) is 11.4 Å². The summed E-state index contributed by atoms with van der Waals surface area (Å²) in [5.74, 6) is 2.28. The Morgan fingerprint density at radius 1 is 1.10 bits per heavy atom. The molecule has 3 N–H and O–H groups in total. The second kappa shape index (κ2) is 12.5. The van der Waals surface area contributed by atoms with Crippen molar-refractivity contribution in [3.05, 3.63) is 70.7 Å². The summed E-state index contributed by atoms with van der Waals surface area (Å²) in [6.07, 6.45) is 4.18. The second-order valence-electron chi connectivity index (χ2n) is 9.65. The van der Waals surface area contributed by atoms with E-state index in [1.807, 2.05) is 25.1 Å². The van der Waals surface area contributed by atoms with E-state index >= 15 is 0 Å². The summed E-state index contributed by atoms with van der Waals surface area (Å²) in [4.78, 5) is 32.8. The Labute approximate surface area is 236 Å². The molecule has 212 valence electrons. The van der Waals surface area contributed by atoms with Gasteiger partial charge in [0.25, 0.3) is 0 Å². The van der Waals surface area contributed by atoms with E-state index in [1.54, 1.807) is 24.4 Å². The summed E-state index contributed by atoms with van der Waals surface area (Å²) in [5, 5.41) is 15.7. The quantitative estimate of drug-likeness (QED) is 0.126. The molecule has 2 aromatic heterocycles. The molecular formula is C28H31N9O4. The van der Waals surface area contributed by atoms with Gasteiger partial charge in [-0.1, -0.05) is 0 Å². The first-order valence-corrected chi connectivity index (χ1v) is 13.1. The molecule has 0 radical (unpaired) electrons. The number of aryl methyl sites for hydroxylation is 1. The lowest BCUT2D eigenvalue weighted by molar-refractivity contribution is -0.385. The highest BCUT2D eigenvalue weighted by Crippen LogP contribution is 2.35. The van der Waals surface area contributed by atoms with Gasteiger partial charge in [0.15, 0.2) is 11.6 Å². The summed E-state index contributed by atoms with van der Waals surface area (Å²) < 4.78 is 11.9. The number of aliphatic imine (C=N–C) groups is 1. The number of nitro groups is 1. The highest BCUT2D eigenvalue weighted by Gasteiger charge is 2.20. The fourth-order valence-electron chi connectivity index (χ4n) is 4.50. The number of pyridine rings is 1. The third kappa shape index (κ3) is 6.83. The standard InChI is InChI=1S/C28H31N9O4/c1-19-13-20(3-4-25(19)41-21-5-6-30-27(14-21)31-17-29)34-28-22-15-24(37(38)39)26(16-23(22)32-18-33-28)40-12-11-36-9-7-35(2)8-10-36/h3-6,13-18H,7-12H2,1-2H3,(H2,29,30,31)(H,32,33,34). The van der Waals surface area contributed by atoms with Crippen molar-refractivity contribution in [3.63, 3.8) is 0 Å². The summed E-state index contributed by atoms with van der Waals surface area (Å²) in [6.45, 7) is 6.84. The minimum atomic E-state index is -0.443. The number of nitrogens with two attached hydrogens (primary N) is 1. The van der Waals surface area contributed by atoms with Crippen LogP contribution >= 0.6 is 0 Å². The van der Waals surface area contributed by atoms with Crippen LogP contribution in [0.4, 0.5) is 23.0 Å². The number of nitrogens with zero attached hydrogens (tertiary/aromatic N) is 7. The topological polar surface area (TPSA) is 157 Å². The summed E-state index contributed by atoms with van der Waals surface area (Å²) in [5.41, 5.74) is 7.34. The molecule has 0 atom stereocenters. The van der Waals surface area contributed by atoms with Crippen molar-refractivity contribution in [1.82, 2.24) is 24.8 Å². The third-order valence-corrected chi connectivity index (χ3v) is 6.76. The minimum Gasteiger partial charge on any atom is -0.485 e. The Kier molecular flexibility index (Phi) is 8.46. The van der Waals surface area contributed by atoms with E-state index in [0.29, 0.717) is 47.2 Å². The van der Waals surface area contributed by atoms with Gasteiger partial charge < -0.3 is 25.4 Å². The van der Waals surface area contributed by atoms with Gasteiger partial charge in [-0.15, -0.1) is 0 Å². The first kappa shape index (κ1) is 27.7. The van der Waals surface area contributed by atoms with Crippen molar-refractivity contribution in [2.75, 3.05) is 51.7 Å². The van der Waals surface area contributed by atoms with Crippen LogP contribution in [0.3, 0.4) is 0 Å². The van der Waals surface area contributed by atoms with Crippen LogP contribution in [0, 0.1) is 17.0 Å². The molecule has 13 heteroatoms. The van der Waals surface area contributed by atoms with Crippen molar-refractivity contribution in [1.29, 1.82) is 0 Å². The van der Waals surface area contributed by atoms with E-state index in [9.17, 15) is 10.1 Å². The number of aromatic nitrogens is 3. The van der Waals surface area contributed by atoms with E-state index in [0.717, 1.165) is 37.4 Å². The highest BCUT2D eigenvalue weighted by atomic mass is 16.6. The van der Waals surface area contributed by atoms with Crippen molar-refractivity contribution in [2.24, 2.45) is 10.7 Å². The lowest BCUT2D eigenvalue weighted by atomic mass is 10.1. The maximum atomic E-state index is 11.9. The summed E-state index contributed by atoms with van der Waals surface area (Å²) >= 11 is 0. The average Bonchev–Trinajstić information content (AvgIpc) is 2.96. The fraction of sp³-hybridized carbons (Fsp3) is 0.286. The van der Waals surface area contributed by atoms with Crippen LogP contribution in [0.25, 0.3) is 10.9 Å². The largest absolute Gasteiger partial charge is 0.485 e. The molecule has 1 saturated heterocycles. The van der Waals surface area contributed by atoms with Crippen LogP contribution < -0.4 is 20.5 Å². The van der Waals surface area contributed by atoms with Crippen molar-refractivity contribution in [2.45, 2.75) is 6.92 Å². The zero-order valence-electron chi connectivity index (χ0n) is 22.9. The molecule has 2 aromatic carbocycles. The molecule has 1 aliphatic rings. The predicted molar refractivity (Wildman–Crippen MR) is 157 cm³/mol. The van der Waals surface area contributed by atoms with E-state index in [4.69, 9.17) is 15.2 Å². The molecular weight excluding hydrogens is 526 g/mol. The maximum Gasteiger partial charge on any atom is 0.311 e. The van der Waals surface area contributed by atoms with Crippen LogP contribution in [-0.4, -0.2) is 82.4 Å². The molecule has 5 rings (SSSR count). The van der Waals surface area contributed by atoms with Gasteiger partial charge in [0.2, 0.25) is 0 Å². The minimum absolute atomic E-state index is 0.135. The smallest absolute Gasteiger partial charge is 0.311 e. The van der Waals surface area contributed by atoms with Crippen LogP contribution in [-0.2, 0) is 0 Å². The molecule has 0 unspecified atom stereocenters. The maximum absolute atomic E-state index is 11.9. The number of hydrogen-bond donors (Lipinski definition) is 2. The van der Waals surface area contributed by atoms with Crippen molar-refractivity contribution in [3.8, 4) is 17.2 Å². The number of nitrogens with one attached hydrogen (secondary N) is 1. The lowest BCUT2D eigenvalue weighted by Gasteiger charge is -2.32. The van der Waals surface area contributed by atoms with Crippen LogP contribution in [0.5, 0.6) is 17.2 Å². The average molecular weight is 558 g/mol. The monoisotopic (exact) mass is 557 g/mol. The molecule has 0 spiro atoms. The molecule has 0 saturated carbocycles. The first-order valence-electron chi connectivity index (χ1n) is 13.1. The molecule has 0 amide bonds. The number of piperazine rings is 1. The van der Waals surface area contributed by atoms with Crippen LogP contribution in [0.1, 0.15) is 5.56 Å². The Morgan fingerprint density at radius 2 is 1.93 bits per heavy atom. The second-order valence-corrected chi connectivity index (χ2v) is 9.65. The number of nitro benzene ring substituents is 1. The fourth-order valence-corrected chi connectivity index (χ4v) is 4.50. The molecule has 0 bridgehead atoms. The number of benzene rings is 2. The number of ether oxygens (including phenoxy) is 2. The number of anilines is 2. The zero-order valence-corrected chi connectivity index (χ0v) is 22.9. The SMILES string of the molecule is Cc1cc(Nc2ncnc3cc(OCCN4CCN(C)CC4)c([N+](=O)[O-])cc23)ccc1Oc1ccnc(N=CN)c1. The van der Waals surface area contributed by atoms with E-state index in [2.05, 4.69) is 42.1 Å². The van der Waals surface area contributed by atoms with Crippen LogP contribution in [0.2, 0.25) is 0 Å². The summed E-state index contributed by atoms with van der Waals surface area (Å²) in [7, 11) is 2.10. The van der Waals surface area contributed by atoms with E-state index in [1.165, 1.54) is 18.7 Å². The van der Waals surface area contributed by atoms with Crippen LogP contribution in [0.15, 0.2) is 60.0 Å². The van der Waals surface area contributed by atoms with Crippen molar-refractivity contribution < 1.29 is 14.4 Å². The Morgan fingerprint density at radius 3 is 2.68 bits per heavy atom. The van der Waals surface area contributed by atoms with E-state index < -0.39 is 4.92 Å². The first-order chi connectivity index (χ1) is 19.9. The van der Waals surface area contributed by atoms with Gasteiger partial charge in [-0.05, 0) is 43.8 Å². The predicted octanol–water partition coefficient (Wildman–Crippen LogP) is 4.02. The highest BCUT2D eigenvalue weighted by molar-refractivity contribution is 5.93. The number of rotatable bonds is 10. The van der Waals surface area contributed by atoms with Gasteiger partial charge in [0, 0.05) is 62.8 Å². The molecule has 1 fully saturated rings. The van der Waals surface area contributed by atoms with Crippen molar-refractivity contribution >= 4 is 40.3 Å². The Hall–Kier alpha value is -4.88. The Balaban J connectivity index is 1.32. The molecule has 13 nitrogen and oxygen atoms in total. The van der Waals surface area contributed by atoms with Gasteiger partial charge in [-0.3, -0.25) is 15.0 Å². The molecule has 41 heavy (non-hydrogen) atoms. The summed E-state index contributed by atoms with van der Waals surface area (Å²) in [6, 6.07) is 12.0. The lowest BCUT2D eigenvalue weighted by Crippen LogP contribution is -2.45. The molecule has 3 heterocycles. The number of likely N-dealkylation sites (N-methyl/N-ethyl adjacent to an activating group) is 1. The zero-order chi connectivity index (χ0) is 28.8. The number of fused-ring (bicyclic) bond motifs is 1. The van der Waals surface area contributed by atoms with Gasteiger partial charge in [0.05, 0.1) is 22.2 Å². The molecule has 0 aliphatic carbocycles. The molecule has 1 aliphatic heterocycles. The normalized spacial score (nSPS) is 14.4. The third-order valence-electron chi connectivity index (χ3n) is 6.76.